The summed E-state index contributed by atoms with van der Waals surface area (Å²) >= 11 is 0. The van der Waals surface area contributed by atoms with Crippen LogP contribution in [0.25, 0.3) is 0 Å². The van der Waals surface area contributed by atoms with E-state index in [1.807, 2.05) is 0 Å². The molecular formula is C11H11F2NO. The molecule has 0 radical (unpaired) electrons. The van der Waals surface area contributed by atoms with Gasteiger partial charge in [-0.05, 0) is 18.2 Å². The Morgan fingerprint density at radius 3 is 2.60 bits per heavy atom. The minimum atomic E-state index is -0.718. The van der Waals surface area contributed by atoms with Crippen molar-refractivity contribution in [2.45, 2.75) is 0 Å². The first-order chi connectivity index (χ1) is 7.00. The lowest BCUT2D eigenvalue weighted by atomic mass is 10.1. The van der Waals surface area contributed by atoms with Crippen LogP contribution in [0, 0.1) is 11.6 Å². The molecule has 80 valence electrons. The van der Waals surface area contributed by atoms with Crippen LogP contribution in [0.3, 0.4) is 0 Å². The van der Waals surface area contributed by atoms with Gasteiger partial charge in [0, 0.05) is 26.4 Å². The summed E-state index contributed by atoms with van der Waals surface area (Å²) in [5.41, 5.74) is -0.256. The van der Waals surface area contributed by atoms with Crippen molar-refractivity contribution in [3.05, 3.63) is 47.7 Å². The van der Waals surface area contributed by atoms with Crippen LogP contribution in [0.5, 0.6) is 0 Å². The summed E-state index contributed by atoms with van der Waals surface area (Å²) < 4.78 is 25.9. The molecule has 15 heavy (non-hydrogen) atoms. The van der Waals surface area contributed by atoms with E-state index in [1.54, 1.807) is 19.0 Å². The second-order valence-corrected chi connectivity index (χ2v) is 3.27. The molecule has 0 unspecified atom stereocenters. The van der Waals surface area contributed by atoms with Crippen LogP contribution in [0.1, 0.15) is 10.4 Å². The molecule has 0 amide bonds. The average molecular weight is 211 g/mol. The van der Waals surface area contributed by atoms with E-state index in [9.17, 15) is 13.6 Å². The Morgan fingerprint density at radius 1 is 1.33 bits per heavy atom. The van der Waals surface area contributed by atoms with Gasteiger partial charge in [0.25, 0.3) is 0 Å². The molecule has 0 heterocycles. The molecule has 0 fully saturated rings. The monoisotopic (exact) mass is 211 g/mol. The Kier molecular flexibility index (Phi) is 3.55. The predicted molar refractivity (Wildman–Crippen MR) is 53.5 cm³/mol. The van der Waals surface area contributed by atoms with Gasteiger partial charge in [-0.15, -0.1) is 0 Å². The quantitative estimate of drug-likeness (QED) is 0.564. The number of nitrogens with zero attached hydrogens (tertiary/aromatic N) is 1. The number of benzene rings is 1. The van der Waals surface area contributed by atoms with Crippen LogP contribution in [0.2, 0.25) is 0 Å². The second-order valence-electron chi connectivity index (χ2n) is 3.27. The SMILES string of the molecule is CN(C)C=CC(=O)c1cc(F)ccc1F. The molecular weight excluding hydrogens is 200 g/mol. The minimum absolute atomic E-state index is 0.256. The molecule has 1 aromatic rings. The number of allylic oxidation sites excluding steroid dienone is 1. The lowest BCUT2D eigenvalue weighted by Gasteiger charge is -2.03. The maximum Gasteiger partial charge on any atom is 0.190 e. The Hall–Kier alpha value is -1.71. The van der Waals surface area contributed by atoms with E-state index in [0.717, 1.165) is 18.2 Å². The molecule has 2 nitrogen and oxygen atoms in total. The lowest BCUT2D eigenvalue weighted by Crippen LogP contribution is -2.04. The van der Waals surface area contributed by atoms with Crippen molar-refractivity contribution < 1.29 is 13.6 Å². The number of halogens is 2. The third-order valence-electron chi connectivity index (χ3n) is 1.72. The summed E-state index contributed by atoms with van der Waals surface area (Å²) in [5, 5.41) is 0. The van der Waals surface area contributed by atoms with Crippen molar-refractivity contribution in [3.8, 4) is 0 Å². The van der Waals surface area contributed by atoms with Gasteiger partial charge in [0.05, 0.1) is 5.56 Å². The summed E-state index contributed by atoms with van der Waals surface area (Å²) in [5.74, 6) is -1.90. The van der Waals surface area contributed by atoms with E-state index >= 15 is 0 Å². The van der Waals surface area contributed by atoms with Crippen molar-refractivity contribution in [1.82, 2.24) is 4.90 Å². The molecule has 0 saturated heterocycles. The molecule has 0 saturated carbocycles. The highest BCUT2D eigenvalue weighted by Crippen LogP contribution is 2.10. The summed E-state index contributed by atoms with van der Waals surface area (Å²) in [4.78, 5) is 13.0. The molecule has 0 aliphatic heterocycles. The summed E-state index contributed by atoms with van der Waals surface area (Å²) in [6.07, 6.45) is 2.67. The second kappa shape index (κ2) is 4.68. The van der Waals surface area contributed by atoms with Crippen LogP contribution in [-0.2, 0) is 0 Å². The summed E-state index contributed by atoms with van der Waals surface area (Å²) in [6.45, 7) is 0. The molecule has 1 aromatic carbocycles. The van der Waals surface area contributed by atoms with Gasteiger partial charge in [-0.2, -0.15) is 0 Å². The molecule has 0 aliphatic carbocycles. The van der Waals surface area contributed by atoms with Gasteiger partial charge < -0.3 is 4.90 Å². The van der Waals surface area contributed by atoms with Crippen molar-refractivity contribution >= 4 is 5.78 Å². The van der Waals surface area contributed by atoms with Crippen molar-refractivity contribution in [1.29, 1.82) is 0 Å². The van der Waals surface area contributed by atoms with Crippen LogP contribution >= 0.6 is 0 Å². The lowest BCUT2D eigenvalue weighted by molar-refractivity contribution is 0.104. The number of carbonyl (C=O) groups excluding carboxylic acids is 1. The standard InChI is InChI=1S/C11H11F2NO/c1-14(2)6-5-11(15)9-7-8(12)3-4-10(9)13/h3-7H,1-2H3. The predicted octanol–water partition coefficient (Wildman–Crippen LogP) is 2.22. The molecule has 0 atom stereocenters. The molecule has 1 rings (SSSR count). The fourth-order valence-electron chi connectivity index (χ4n) is 0.993. The maximum absolute atomic E-state index is 13.1. The van der Waals surface area contributed by atoms with Crippen molar-refractivity contribution in [2.24, 2.45) is 0 Å². The first-order valence-corrected chi connectivity index (χ1v) is 4.34. The summed E-state index contributed by atoms with van der Waals surface area (Å²) in [6, 6.07) is 2.80. The van der Waals surface area contributed by atoms with E-state index in [2.05, 4.69) is 0 Å². The van der Waals surface area contributed by atoms with Gasteiger partial charge in [0.2, 0.25) is 0 Å². The number of rotatable bonds is 3. The number of carbonyl (C=O) groups is 1. The number of hydrogen-bond acceptors (Lipinski definition) is 2. The van der Waals surface area contributed by atoms with Gasteiger partial charge >= 0.3 is 0 Å². The first-order valence-electron chi connectivity index (χ1n) is 4.34. The summed E-state index contributed by atoms with van der Waals surface area (Å²) in [7, 11) is 3.46. The fraction of sp³-hybridized carbons (Fsp3) is 0.182. The average Bonchev–Trinajstić information content (AvgIpc) is 2.18. The van der Waals surface area contributed by atoms with E-state index in [0.29, 0.717) is 0 Å². The normalized spacial score (nSPS) is 10.7. The highest BCUT2D eigenvalue weighted by atomic mass is 19.1. The van der Waals surface area contributed by atoms with E-state index < -0.39 is 17.4 Å². The van der Waals surface area contributed by atoms with Crippen LogP contribution in [0.4, 0.5) is 8.78 Å². The Bertz CT molecular complexity index is 400. The molecule has 0 spiro atoms. The zero-order valence-corrected chi connectivity index (χ0v) is 8.50. The third kappa shape index (κ3) is 3.16. The molecule has 0 aliphatic rings. The largest absolute Gasteiger partial charge is 0.383 e. The molecule has 0 bridgehead atoms. The zero-order valence-electron chi connectivity index (χ0n) is 8.50. The van der Waals surface area contributed by atoms with Crippen LogP contribution < -0.4 is 0 Å². The van der Waals surface area contributed by atoms with Gasteiger partial charge in [0.1, 0.15) is 11.6 Å². The van der Waals surface area contributed by atoms with Gasteiger partial charge in [0.15, 0.2) is 5.78 Å². The third-order valence-corrected chi connectivity index (χ3v) is 1.72. The zero-order chi connectivity index (χ0) is 11.4. The van der Waals surface area contributed by atoms with Crippen molar-refractivity contribution in [3.63, 3.8) is 0 Å². The van der Waals surface area contributed by atoms with E-state index in [-0.39, 0.29) is 5.56 Å². The Balaban J connectivity index is 2.96. The van der Waals surface area contributed by atoms with E-state index in [1.165, 1.54) is 12.3 Å². The van der Waals surface area contributed by atoms with E-state index in [4.69, 9.17) is 0 Å². The topological polar surface area (TPSA) is 20.3 Å². The number of ketones is 1. The van der Waals surface area contributed by atoms with Gasteiger partial charge in [-0.1, -0.05) is 0 Å². The highest BCUT2D eigenvalue weighted by molar-refractivity contribution is 6.04. The van der Waals surface area contributed by atoms with Crippen molar-refractivity contribution in [2.75, 3.05) is 14.1 Å². The fourth-order valence-corrected chi connectivity index (χ4v) is 0.993. The number of hydrogen-bond donors (Lipinski definition) is 0. The van der Waals surface area contributed by atoms with Gasteiger partial charge in [-0.3, -0.25) is 4.79 Å². The van der Waals surface area contributed by atoms with Crippen LogP contribution in [-0.4, -0.2) is 24.8 Å². The highest BCUT2D eigenvalue weighted by Gasteiger charge is 2.09. The minimum Gasteiger partial charge on any atom is -0.383 e. The van der Waals surface area contributed by atoms with Gasteiger partial charge in [-0.25, -0.2) is 8.78 Å². The Labute approximate surface area is 86.8 Å². The Morgan fingerprint density at radius 2 is 2.00 bits per heavy atom. The maximum atomic E-state index is 13.1. The van der Waals surface area contributed by atoms with Crippen LogP contribution in [0.15, 0.2) is 30.5 Å². The first kappa shape index (κ1) is 11.4. The molecule has 4 heteroatoms. The molecule has 0 N–H and O–H groups in total. The smallest absolute Gasteiger partial charge is 0.190 e. The molecule has 0 aromatic heterocycles.